The van der Waals surface area contributed by atoms with E-state index >= 15 is 0 Å². The maximum atomic E-state index is 6.62. The first-order valence-corrected chi connectivity index (χ1v) is 19.4. The number of rotatable bonds is 7. The average Bonchev–Trinajstić information content (AvgIpc) is 3.80. The van der Waals surface area contributed by atoms with Gasteiger partial charge in [0.15, 0.2) is 0 Å². The summed E-state index contributed by atoms with van der Waals surface area (Å²) >= 11 is 0. The van der Waals surface area contributed by atoms with Crippen molar-refractivity contribution in [2.75, 3.05) is 16.5 Å². The topological polar surface area (TPSA) is 46.4 Å². The van der Waals surface area contributed by atoms with Gasteiger partial charge in [-0.25, -0.2) is 9.97 Å². The van der Waals surface area contributed by atoms with Gasteiger partial charge in [-0.2, -0.15) is 0 Å². The van der Waals surface area contributed by atoms with Crippen LogP contribution >= 0.6 is 0 Å². The molecule has 6 aromatic carbocycles. The lowest BCUT2D eigenvalue weighted by molar-refractivity contribution is 0.463. The third-order valence-corrected chi connectivity index (χ3v) is 11.0. The Balaban J connectivity index is 1.03. The van der Waals surface area contributed by atoms with E-state index in [-0.39, 0.29) is 5.41 Å². The number of nitrogens with zero attached hydrogens (tertiary/aromatic N) is 5. The minimum atomic E-state index is -0.0102. The summed E-state index contributed by atoms with van der Waals surface area (Å²) in [6.07, 6.45) is 3.74. The molecule has 0 aliphatic carbocycles. The highest BCUT2D eigenvalue weighted by Crippen LogP contribution is 2.50. The van der Waals surface area contributed by atoms with Gasteiger partial charge < -0.3 is 14.5 Å². The third kappa shape index (κ3) is 6.16. The minimum Gasteiger partial charge on any atom is -0.439 e. The first-order chi connectivity index (χ1) is 27.9. The zero-order valence-corrected chi connectivity index (χ0v) is 32.2. The molecule has 0 radical (unpaired) electrons. The number of hydrogen-bond acceptors (Lipinski definition) is 5. The molecular formula is C51H41N5O. The Morgan fingerprint density at radius 1 is 0.526 bits per heavy atom. The molecule has 276 valence electrons. The number of benzene rings is 6. The summed E-state index contributed by atoms with van der Waals surface area (Å²) < 4.78 is 8.86. The molecule has 10 rings (SSSR count). The van der Waals surface area contributed by atoms with E-state index in [9.17, 15) is 0 Å². The zero-order valence-electron chi connectivity index (χ0n) is 32.2. The highest BCUT2D eigenvalue weighted by molar-refractivity contribution is 6.09. The Hall–Kier alpha value is -7.18. The Bertz CT molecular complexity index is 2850. The zero-order chi connectivity index (χ0) is 38.5. The Morgan fingerprint density at radius 3 is 1.88 bits per heavy atom. The van der Waals surface area contributed by atoms with E-state index in [2.05, 4.69) is 193 Å². The molecule has 6 heteroatoms. The Labute approximate surface area is 332 Å². The summed E-state index contributed by atoms with van der Waals surface area (Å²) in [7, 11) is 0. The van der Waals surface area contributed by atoms with Gasteiger partial charge in [-0.15, -0.1) is 0 Å². The molecule has 0 saturated heterocycles. The summed E-state index contributed by atoms with van der Waals surface area (Å²) in [5.41, 5.74) is 12.5. The van der Waals surface area contributed by atoms with Gasteiger partial charge in [-0.1, -0.05) is 130 Å². The third-order valence-electron chi connectivity index (χ3n) is 11.0. The van der Waals surface area contributed by atoms with Crippen molar-refractivity contribution in [1.82, 2.24) is 14.5 Å². The molecule has 0 N–H and O–H groups in total. The van der Waals surface area contributed by atoms with Crippen LogP contribution in [0.2, 0.25) is 0 Å². The van der Waals surface area contributed by atoms with E-state index < -0.39 is 0 Å². The average molecular weight is 740 g/mol. The van der Waals surface area contributed by atoms with Crippen LogP contribution in [-0.4, -0.2) is 21.2 Å². The van der Waals surface area contributed by atoms with Gasteiger partial charge >= 0.3 is 0 Å². The van der Waals surface area contributed by atoms with Crippen molar-refractivity contribution in [1.29, 1.82) is 0 Å². The van der Waals surface area contributed by atoms with Crippen LogP contribution in [-0.2, 0) is 5.41 Å². The monoisotopic (exact) mass is 739 g/mol. The second kappa shape index (κ2) is 13.8. The van der Waals surface area contributed by atoms with E-state index in [4.69, 9.17) is 14.7 Å². The quantitative estimate of drug-likeness (QED) is 0.163. The molecule has 0 bridgehead atoms. The van der Waals surface area contributed by atoms with Crippen LogP contribution in [0.25, 0.3) is 49.9 Å². The van der Waals surface area contributed by atoms with Gasteiger partial charge in [0.05, 0.1) is 28.1 Å². The van der Waals surface area contributed by atoms with Gasteiger partial charge in [0.1, 0.15) is 18.2 Å². The van der Waals surface area contributed by atoms with Crippen molar-refractivity contribution in [3.8, 4) is 39.7 Å². The molecule has 3 aromatic heterocycles. The van der Waals surface area contributed by atoms with E-state index in [1.807, 2.05) is 24.5 Å². The number of para-hydroxylation sites is 4. The lowest BCUT2D eigenvalue weighted by atomic mass is 9.88. The Morgan fingerprint density at radius 2 is 1.16 bits per heavy atom. The lowest BCUT2D eigenvalue weighted by Crippen LogP contribution is -2.25. The molecule has 6 nitrogen and oxygen atoms in total. The highest BCUT2D eigenvalue weighted by atomic mass is 16.5. The maximum Gasteiger partial charge on any atom is 0.221 e. The normalized spacial score (nSPS) is 12.7. The van der Waals surface area contributed by atoms with Crippen molar-refractivity contribution in [2.45, 2.75) is 26.2 Å². The van der Waals surface area contributed by atoms with E-state index in [0.29, 0.717) is 18.3 Å². The van der Waals surface area contributed by atoms with Crippen molar-refractivity contribution >= 4 is 44.6 Å². The molecule has 9 aromatic rings. The minimum absolute atomic E-state index is 0.0102. The molecule has 1 aliphatic rings. The van der Waals surface area contributed by atoms with Crippen molar-refractivity contribution in [3.63, 3.8) is 0 Å². The van der Waals surface area contributed by atoms with E-state index in [1.165, 1.54) is 38.9 Å². The van der Waals surface area contributed by atoms with Crippen LogP contribution in [0.1, 0.15) is 26.3 Å². The highest BCUT2D eigenvalue weighted by Gasteiger charge is 2.31. The first kappa shape index (κ1) is 34.3. The largest absolute Gasteiger partial charge is 0.439 e. The predicted molar refractivity (Wildman–Crippen MR) is 234 cm³/mol. The number of ether oxygens (including phenoxy) is 1. The number of hydrogen-bond donors (Lipinski definition) is 0. The summed E-state index contributed by atoms with van der Waals surface area (Å²) in [4.78, 5) is 14.3. The fourth-order valence-electron chi connectivity index (χ4n) is 8.17. The molecule has 57 heavy (non-hydrogen) atoms. The summed E-state index contributed by atoms with van der Waals surface area (Å²) in [5.74, 6) is 2.11. The number of aromatic nitrogens is 3. The molecular weight excluding hydrogens is 699 g/mol. The van der Waals surface area contributed by atoms with Gasteiger partial charge in [-0.3, -0.25) is 4.57 Å². The number of fused-ring (bicyclic) bond motifs is 4. The van der Waals surface area contributed by atoms with Crippen LogP contribution in [0.4, 0.5) is 22.7 Å². The molecule has 0 spiro atoms. The molecule has 0 fully saturated rings. The lowest BCUT2D eigenvalue weighted by Gasteiger charge is -2.27. The SMILES string of the molecule is CC(C)(C)c1ccnc(-n2c3ccccc3c3ccc(Oc4cc(N5CN(c6c(-c7ccccc7)cccc6-c6ccccc6)c6ccccc65)ccn4)cc32)c1. The molecule has 0 unspecified atom stereocenters. The predicted octanol–water partition coefficient (Wildman–Crippen LogP) is 13.2. The van der Waals surface area contributed by atoms with Crippen LogP contribution in [0, 0.1) is 0 Å². The molecule has 0 atom stereocenters. The van der Waals surface area contributed by atoms with Crippen molar-refractivity contribution < 1.29 is 4.74 Å². The van der Waals surface area contributed by atoms with Gasteiger partial charge in [0.2, 0.25) is 5.88 Å². The molecule has 1 aliphatic heterocycles. The number of pyridine rings is 2. The van der Waals surface area contributed by atoms with Gasteiger partial charge in [0, 0.05) is 52.1 Å². The molecule has 0 amide bonds. The second-order valence-corrected chi connectivity index (χ2v) is 15.6. The smallest absolute Gasteiger partial charge is 0.221 e. The van der Waals surface area contributed by atoms with Gasteiger partial charge in [0.25, 0.3) is 0 Å². The Kier molecular flexibility index (Phi) is 8.33. The van der Waals surface area contributed by atoms with Crippen molar-refractivity contribution in [3.05, 3.63) is 188 Å². The van der Waals surface area contributed by atoms with Crippen LogP contribution in [0.5, 0.6) is 11.6 Å². The maximum absolute atomic E-state index is 6.62. The van der Waals surface area contributed by atoms with Crippen LogP contribution < -0.4 is 14.5 Å². The molecule has 4 heterocycles. The standard InChI is InChI=1S/C51H41N5O/c1-51(2,3)37-27-29-52-48(31-37)56-44-22-11-10-19-42(44)43-26-25-39(33-47(43)56)57-49-32-38(28-30-53-49)54-34-55(46-24-13-12-23-45(46)54)50-40(35-15-6-4-7-16-35)20-14-21-41(50)36-17-8-5-9-18-36/h4-33H,34H2,1-3H3. The van der Waals surface area contributed by atoms with E-state index in [1.54, 1.807) is 0 Å². The summed E-state index contributed by atoms with van der Waals surface area (Å²) in [6.45, 7) is 7.30. The fraction of sp³-hybridized carbons (Fsp3) is 0.0980. The number of anilines is 4. The van der Waals surface area contributed by atoms with Crippen LogP contribution in [0.15, 0.2) is 182 Å². The summed E-state index contributed by atoms with van der Waals surface area (Å²) in [6, 6.07) is 59.8. The molecule has 0 saturated carbocycles. The fourth-order valence-corrected chi connectivity index (χ4v) is 8.17. The van der Waals surface area contributed by atoms with Crippen molar-refractivity contribution in [2.24, 2.45) is 0 Å². The van der Waals surface area contributed by atoms with Gasteiger partial charge in [-0.05, 0) is 70.6 Å². The second-order valence-electron chi connectivity index (χ2n) is 15.6. The first-order valence-electron chi connectivity index (χ1n) is 19.4. The van der Waals surface area contributed by atoms with E-state index in [0.717, 1.165) is 39.3 Å². The van der Waals surface area contributed by atoms with Crippen LogP contribution in [0.3, 0.4) is 0 Å². The summed E-state index contributed by atoms with van der Waals surface area (Å²) in [5, 5.41) is 2.31.